The van der Waals surface area contributed by atoms with E-state index in [4.69, 9.17) is 34.2 Å². The number of hydrogen-bond donors (Lipinski definition) is 3. The lowest BCUT2D eigenvalue weighted by Gasteiger charge is -2.35. The average molecular weight is 1080 g/mol. The normalized spacial score (nSPS) is 22.4. The van der Waals surface area contributed by atoms with E-state index in [2.05, 4.69) is 45.4 Å². The third-order valence-corrected chi connectivity index (χ3v) is 13.1. The van der Waals surface area contributed by atoms with E-state index in [0.717, 1.165) is 39.0 Å². The molecular weight excluding hydrogens is 1010 g/mol. The number of nitrogens with two attached hydrogens (primary N) is 1. The third-order valence-electron chi connectivity index (χ3n) is 13.1. The molecule has 4 bridgehead atoms. The van der Waals surface area contributed by atoms with E-state index in [1.807, 2.05) is 32.6 Å². The van der Waals surface area contributed by atoms with Gasteiger partial charge in [-0.05, 0) is 64.8 Å². The van der Waals surface area contributed by atoms with Crippen molar-refractivity contribution in [2.24, 2.45) is 11.8 Å². The van der Waals surface area contributed by atoms with Crippen molar-refractivity contribution in [3.05, 3.63) is 60.4 Å². The van der Waals surface area contributed by atoms with Crippen LogP contribution in [-0.4, -0.2) is 148 Å². The molecule has 0 saturated carbocycles. The van der Waals surface area contributed by atoms with Crippen LogP contribution in [0.25, 0.3) is 0 Å². The van der Waals surface area contributed by atoms with Crippen LogP contribution in [0.5, 0.6) is 11.5 Å². The third kappa shape index (κ3) is 14.0. The number of alkyl halides is 6. The number of hydrogen-bond acceptors (Lipinski definition) is 19. The van der Waals surface area contributed by atoms with Crippen LogP contribution in [0.3, 0.4) is 0 Å². The Morgan fingerprint density at radius 1 is 0.737 bits per heavy atom. The van der Waals surface area contributed by atoms with E-state index in [1.54, 1.807) is 12.1 Å². The SMILES string of the molecule is CC1(C)OC[C@H](COc2cnc(N)nc2)O1.C[C@@H](CC(=O)c1ccc2c(n1)N(C(=O)Nc1ncc(OC[C@H]3COC(C)(C)O3)cn1)[C@H]1CCN2C1)C(F)(F)F.C[C@@H](CC(=O)c1ccc2c(n1)N[C@H]1CCN2C1)C(F)(F)F. The number of carbonyl (C=O) groups excluding carboxylic acids is 3. The van der Waals surface area contributed by atoms with Crippen molar-refractivity contribution < 1.29 is 69.1 Å². The Morgan fingerprint density at radius 3 is 1.76 bits per heavy atom. The number of fused-ring (bicyclic) bond motifs is 8. The highest BCUT2D eigenvalue weighted by molar-refractivity contribution is 6.05. The van der Waals surface area contributed by atoms with Crippen LogP contribution >= 0.6 is 0 Å². The Balaban J connectivity index is 0.000000172. The van der Waals surface area contributed by atoms with Gasteiger partial charge in [0.05, 0.1) is 67.3 Å². The highest BCUT2D eigenvalue weighted by atomic mass is 19.4. The maximum Gasteiger partial charge on any atom is 0.391 e. The molecule has 4 aromatic rings. The minimum atomic E-state index is -4.49. The molecule has 6 atom stereocenters. The smallest absolute Gasteiger partial charge is 0.391 e. The summed E-state index contributed by atoms with van der Waals surface area (Å²) in [6, 6.07) is 5.83. The van der Waals surface area contributed by atoms with Crippen LogP contribution in [-0.2, 0) is 18.9 Å². The number of aromatic nitrogens is 6. The number of anilines is 6. The van der Waals surface area contributed by atoms with Crippen LogP contribution in [0, 0.1) is 11.8 Å². The lowest BCUT2D eigenvalue weighted by Crippen LogP contribution is -2.48. The number of halogens is 6. The molecule has 0 aliphatic carbocycles. The van der Waals surface area contributed by atoms with Crippen molar-refractivity contribution in [2.45, 2.75) is 115 Å². The van der Waals surface area contributed by atoms with E-state index in [1.165, 1.54) is 41.8 Å². The van der Waals surface area contributed by atoms with Gasteiger partial charge in [0, 0.05) is 45.1 Å². The average Bonchev–Trinajstić information content (AvgIpc) is 4.15. The first kappa shape index (κ1) is 55.5. The van der Waals surface area contributed by atoms with E-state index < -0.39 is 66.2 Å². The zero-order valence-corrected chi connectivity index (χ0v) is 42.6. The molecular formula is C49H60F6N12O9. The molecule has 0 unspecified atom stereocenters. The number of ketones is 2. The molecule has 76 heavy (non-hydrogen) atoms. The summed E-state index contributed by atoms with van der Waals surface area (Å²) in [5.74, 6) is -3.92. The number of Topliss-reactive ketones (excluding diaryl/α,β-unsaturated/α-hetero) is 2. The predicted molar refractivity (Wildman–Crippen MR) is 262 cm³/mol. The second-order valence-electron chi connectivity index (χ2n) is 20.1. The summed E-state index contributed by atoms with van der Waals surface area (Å²) in [6.07, 6.45) is -2.87. The minimum Gasteiger partial charge on any atom is -0.488 e. The van der Waals surface area contributed by atoms with Gasteiger partial charge in [-0.1, -0.05) is 13.8 Å². The van der Waals surface area contributed by atoms with Crippen molar-refractivity contribution in [3.63, 3.8) is 0 Å². The van der Waals surface area contributed by atoms with Gasteiger partial charge in [-0.25, -0.2) is 34.7 Å². The number of nitrogen functional groups attached to an aromatic ring is 1. The molecule has 4 saturated heterocycles. The van der Waals surface area contributed by atoms with Gasteiger partial charge in [0.2, 0.25) is 11.9 Å². The quantitative estimate of drug-likeness (QED) is 0.0882. The molecule has 0 aromatic carbocycles. The summed E-state index contributed by atoms with van der Waals surface area (Å²) in [7, 11) is 0. The van der Waals surface area contributed by atoms with E-state index in [-0.39, 0.29) is 54.0 Å². The molecule has 4 aromatic heterocycles. The van der Waals surface area contributed by atoms with E-state index in [9.17, 15) is 40.7 Å². The number of nitrogens with zero attached hydrogens (tertiary/aromatic N) is 9. The second kappa shape index (κ2) is 22.5. The van der Waals surface area contributed by atoms with Gasteiger partial charge in [-0.15, -0.1) is 0 Å². The maximum absolute atomic E-state index is 13.3. The van der Waals surface area contributed by atoms with Gasteiger partial charge in [-0.2, -0.15) is 26.3 Å². The Labute approximate surface area is 433 Å². The molecule has 0 spiro atoms. The number of amides is 2. The summed E-state index contributed by atoms with van der Waals surface area (Å²) >= 11 is 0. The molecule has 6 aliphatic heterocycles. The minimum absolute atomic E-state index is 0.0298. The van der Waals surface area contributed by atoms with Crippen molar-refractivity contribution >= 4 is 52.5 Å². The number of nitrogens with one attached hydrogen (secondary N) is 2. The van der Waals surface area contributed by atoms with E-state index >= 15 is 0 Å². The predicted octanol–water partition coefficient (Wildman–Crippen LogP) is 7.25. The molecule has 27 heteroatoms. The lowest BCUT2D eigenvalue weighted by molar-refractivity contribution is -0.169. The number of ether oxygens (including phenoxy) is 6. The fraction of sp³-hybridized carbons (Fsp3) is 0.571. The van der Waals surface area contributed by atoms with Crippen LogP contribution < -0.4 is 40.5 Å². The van der Waals surface area contributed by atoms with Gasteiger partial charge >= 0.3 is 18.4 Å². The molecule has 0 radical (unpaired) electrons. The summed E-state index contributed by atoms with van der Waals surface area (Å²) in [6.45, 7) is 14.0. The molecule has 6 aliphatic rings. The monoisotopic (exact) mass is 1070 g/mol. The highest BCUT2D eigenvalue weighted by Gasteiger charge is 2.43. The first-order chi connectivity index (χ1) is 35.8. The molecule has 21 nitrogen and oxygen atoms in total. The maximum atomic E-state index is 13.3. The number of urea groups is 1. The van der Waals surface area contributed by atoms with Crippen molar-refractivity contribution in [2.75, 3.05) is 83.7 Å². The number of carbonyl (C=O) groups is 3. The second-order valence-corrected chi connectivity index (χ2v) is 20.1. The first-order valence-corrected chi connectivity index (χ1v) is 24.7. The Bertz CT molecular complexity index is 2700. The molecule has 10 heterocycles. The van der Waals surface area contributed by atoms with Gasteiger partial charge in [0.25, 0.3) is 0 Å². The standard InChI is InChI=1S/C25H29F3N6O5.C14H16F3N3O.C10H15N3O3/c1-14(25(26,27)28)8-20(35)18-4-5-19-21(31-18)34(15-6-7-33(19)11-15)23(36)32-22-29-9-16(10-30-22)37-12-17-13-38-24(2,3)39-17;1-8(14(15,16)17)6-12(21)10-2-3-11-13(19-10)18-9-4-5-20(11)7-9;1-10(2)15-6-8(16-10)5-14-7-3-12-9(11)13-4-7/h4-5,9-10,14-15,17H,6-8,11-13H2,1-3H3,(H,29,30,32,36);2-3,8-9H,4-7H2,1H3,(H,18,19);3-4,8H,5-6H2,1-2H3,(H2,11,12,13)/t14-,15-,17-;8-,9-;8-/m000/s1. The summed E-state index contributed by atoms with van der Waals surface area (Å²) < 4.78 is 110. The molecule has 10 rings (SSSR count). The van der Waals surface area contributed by atoms with Gasteiger partial charge in [0.1, 0.15) is 36.8 Å². The zero-order chi connectivity index (χ0) is 54.7. The number of pyridine rings is 2. The van der Waals surface area contributed by atoms with Gasteiger partial charge < -0.3 is 49.3 Å². The van der Waals surface area contributed by atoms with E-state index in [0.29, 0.717) is 68.4 Å². The summed E-state index contributed by atoms with van der Waals surface area (Å²) in [4.78, 5) is 68.0. The first-order valence-electron chi connectivity index (χ1n) is 24.7. The Kier molecular flexibility index (Phi) is 16.4. The highest BCUT2D eigenvalue weighted by Crippen LogP contribution is 2.40. The Hall–Kier alpha value is -6.71. The summed E-state index contributed by atoms with van der Waals surface area (Å²) in [5, 5.41) is 5.88. The van der Waals surface area contributed by atoms with Gasteiger partial charge in [0.15, 0.2) is 46.3 Å². The molecule has 4 N–H and O–H groups in total. The van der Waals surface area contributed by atoms with Crippen LogP contribution in [0.4, 0.5) is 66.0 Å². The van der Waals surface area contributed by atoms with Crippen molar-refractivity contribution in [3.8, 4) is 11.5 Å². The topological polar surface area (TPSA) is 244 Å². The van der Waals surface area contributed by atoms with Crippen LogP contribution in [0.2, 0.25) is 0 Å². The van der Waals surface area contributed by atoms with Crippen LogP contribution in [0.1, 0.15) is 88.2 Å². The van der Waals surface area contributed by atoms with Crippen LogP contribution in [0.15, 0.2) is 49.1 Å². The fourth-order valence-electron chi connectivity index (χ4n) is 8.96. The molecule has 4 fully saturated rings. The van der Waals surface area contributed by atoms with Crippen molar-refractivity contribution in [1.29, 1.82) is 0 Å². The largest absolute Gasteiger partial charge is 0.488 e. The van der Waals surface area contributed by atoms with Crippen molar-refractivity contribution in [1.82, 2.24) is 29.9 Å². The molecule has 2 amide bonds. The van der Waals surface area contributed by atoms with Gasteiger partial charge in [-0.3, -0.25) is 19.8 Å². The number of rotatable bonds is 13. The lowest BCUT2D eigenvalue weighted by atomic mass is 10.0. The Morgan fingerprint density at radius 2 is 1.24 bits per heavy atom. The fourth-order valence-corrected chi connectivity index (χ4v) is 8.96. The zero-order valence-electron chi connectivity index (χ0n) is 42.6. The molecule has 412 valence electrons. The summed E-state index contributed by atoms with van der Waals surface area (Å²) in [5.41, 5.74) is 6.88.